The van der Waals surface area contributed by atoms with Crippen molar-refractivity contribution in [3.63, 3.8) is 0 Å². The zero-order valence-electron chi connectivity index (χ0n) is 15.5. The van der Waals surface area contributed by atoms with Gasteiger partial charge >= 0.3 is 0 Å². The summed E-state index contributed by atoms with van der Waals surface area (Å²) in [6.07, 6.45) is 3.77. The lowest BCUT2D eigenvalue weighted by Gasteiger charge is -2.11. The molecule has 0 aliphatic rings. The Kier molecular flexibility index (Phi) is 7.31. The smallest absolute Gasteiger partial charge is 0.193 e. The zero-order valence-corrected chi connectivity index (χ0v) is 16.3. The molecule has 0 atom stereocenters. The van der Waals surface area contributed by atoms with Crippen LogP contribution in [0.25, 0.3) is 0 Å². The molecule has 1 aromatic heterocycles. The van der Waals surface area contributed by atoms with Crippen LogP contribution in [0.1, 0.15) is 31.7 Å². The van der Waals surface area contributed by atoms with Gasteiger partial charge in [-0.15, -0.1) is 10.2 Å². The number of hydrogen-bond donors (Lipinski definition) is 2. The second kappa shape index (κ2) is 9.46. The van der Waals surface area contributed by atoms with Crippen molar-refractivity contribution in [2.75, 3.05) is 18.1 Å². The van der Waals surface area contributed by atoms with Gasteiger partial charge in [-0.25, -0.2) is 0 Å². The van der Waals surface area contributed by atoms with Crippen LogP contribution in [-0.2, 0) is 13.0 Å². The fraction of sp³-hybridized carbons (Fsp3) is 0.500. The van der Waals surface area contributed by atoms with Crippen molar-refractivity contribution in [1.82, 2.24) is 14.8 Å². The Morgan fingerprint density at radius 2 is 2.16 bits per heavy atom. The normalized spacial score (nSPS) is 12.0. The maximum atomic E-state index is 5.96. The van der Waals surface area contributed by atoms with Crippen molar-refractivity contribution in [3.05, 3.63) is 35.7 Å². The Morgan fingerprint density at radius 1 is 1.36 bits per heavy atom. The summed E-state index contributed by atoms with van der Waals surface area (Å²) in [5.74, 6) is 2.03. The van der Waals surface area contributed by atoms with Gasteiger partial charge in [-0.3, -0.25) is 4.99 Å². The van der Waals surface area contributed by atoms with Gasteiger partial charge in [0.1, 0.15) is 5.82 Å². The molecule has 136 valence electrons. The summed E-state index contributed by atoms with van der Waals surface area (Å²) < 4.78 is 2.22. The molecule has 1 heterocycles. The van der Waals surface area contributed by atoms with Crippen molar-refractivity contribution >= 4 is 23.4 Å². The zero-order chi connectivity index (χ0) is 18.2. The van der Waals surface area contributed by atoms with E-state index in [0.717, 1.165) is 36.1 Å². The van der Waals surface area contributed by atoms with Crippen LogP contribution >= 0.6 is 11.8 Å². The standard InChI is InChI=1S/C18H28N6S/c1-13(2)12-24-16(22-23-18(24)25-4)9-6-10-20-17(19)21-15-8-5-7-14(3)11-15/h5,7-8,11,13H,6,9-10,12H2,1-4H3,(H3,19,20,21). The second-order valence-corrected chi connectivity index (χ2v) is 7.25. The average molecular weight is 361 g/mol. The van der Waals surface area contributed by atoms with Crippen molar-refractivity contribution in [3.8, 4) is 0 Å². The predicted octanol–water partition coefficient (Wildman–Crippen LogP) is 3.32. The number of anilines is 1. The lowest BCUT2D eigenvalue weighted by Crippen LogP contribution is -2.23. The molecule has 0 saturated carbocycles. The molecule has 3 N–H and O–H groups in total. The molecule has 0 spiro atoms. The first-order valence-corrected chi connectivity index (χ1v) is 9.81. The van der Waals surface area contributed by atoms with Crippen LogP contribution in [0, 0.1) is 12.8 Å². The molecule has 0 aliphatic heterocycles. The van der Waals surface area contributed by atoms with Crippen LogP contribution in [-0.4, -0.2) is 33.5 Å². The monoisotopic (exact) mass is 360 g/mol. The quantitative estimate of drug-likeness (QED) is 0.327. The summed E-state index contributed by atoms with van der Waals surface area (Å²) in [6.45, 7) is 8.06. The third-order valence-electron chi connectivity index (χ3n) is 3.65. The Bertz CT molecular complexity index is 707. The first-order chi connectivity index (χ1) is 12.0. The minimum Gasteiger partial charge on any atom is -0.370 e. The van der Waals surface area contributed by atoms with Crippen LogP contribution < -0.4 is 11.1 Å². The Morgan fingerprint density at radius 3 is 2.84 bits per heavy atom. The molecule has 6 nitrogen and oxygen atoms in total. The lowest BCUT2D eigenvalue weighted by molar-refractivity contribution is 0.477. The fourth-order valence-electron chi connectivity index (χ4n) is 2.55. The van der Waals surface area contributed by atoms with Gasteiger partial charge in [-0.2, -0.15) is 0 Å². The average Bonchev–Trinajstić information content (AvgIpc) is 2.93. The molecular weight excluding hydrogens is 332 g/mol. The molecule has 0 saturated heterocycles. The van der Waals surface area contributed by atoms with E-state index in [1.807, 2.05) is 24.5 Å². The molecule has 0 fully saturated rings. The van der Waals surface area contributed by atoms with Crippen LogP contribution in [0.2, 0.25) is 0 Å². The highest BCUT2D eigenvalue weighted by Gasteiger charge is 2.12. The summed E-state index contributed by atoms with van der Waals surface area (Å²) in [7, 11) is 0. The maximum absolute atomic E-state index is 5.96. The van der Waals surface area contributed by atoms with Gasteiger partial charge < -0.3 is 15.6 Å². The van der Waals surface area contributed by atoms with Gasteiger partial charge in [-0.1, -0.05) is 37.7 Å². The highest BCUT2D eigenvalue weighted by atomic mass is 32.2. The molecule has 2 aromatic rings. The lowest BCUT2D eigenvalue weighted by atomic mass is 10.2. The molecule has 0 aliphatic carbocycles. The summed E-state index contributed by atoms with van der Waals surface area (Å²) in [5.41, 5.74) is 8.11. The second-order valence-electron chi connectivity index (χ2n) is 6.47. The number of benzene rings is 1. The van der Waals surface area contributed by atoms with E-state index < -0.39 is 0 Å². The summed E-state index contributed by atoms with van der Waals surface area (Å²) in [4.78, 5) is 4.40. The van der Waals surface area contributed by atoms with Gasteiger partial charge in [-0.05, 0) is 43.2 Å². The van der Waals surface area contributed by atoms with Gasteiger partial charge in [0.05, 0.1) is 0 Å². The molecule has 0 bridgehead atoms. The number of thioether (sulfide) groups is 1. The molecule has 0 amide bonds. The van der Waals surface area contributed by atoms with E-state index in [4.69, 9.17) is 5.73 Å². The van der Waals surface area contributed by atoms with Gasteiger partial charge in [0, 0.05) is 25.2 Å². The summed E-state index contributed by atoms with van der Waals surface area (Å²) in [6, 6.07) is 8.07. The maximum Gasteiger partial charge on any atom is 0.193 e. The molecular formula is C18H28N6S. The van der Waals surface area contributed by atoms with E-state index in [1.165, 1.54) is 5.56 Å². The Balaban J connectivity index is 1.87. The third-order valence-corrected chi connectivity index (χ3v) is 4.32. The topological polar surface area (TPSA) is 81.1 Å². The largest absolute Gasteiger partial charge is 0.370 e. The number of hydrogen-bond acceptors (Lipinski definition) is 4. The number of aromatic nitrogens is 3. The van der Waals surface area contributed by atoms with E-state index in [1.54, 1.807) is 11.8 Å². The first-order valence-electron chi connectivity index (χ1n) is 8.59. The van der Waals surface area contributed by atoms with Crippen LogP contribution in [0.4, 0.5) is 5.69 Å². The first kappa shape index (κ1) is 19.3. The summed E-state index contributed by atoms with van der Waals surface area (Å²) in [5, 5.41) is 12.7. The number of nitrogens with one attached hydrogen (secondary N) is 1. The van der Waals surface area contributed by atoms with Crippen molar-refractivity contribution in [1.29, 1.82) is 0 Å². The van der Waals surface area contributed by atoms with E-state index in [2.05, 4.69) is 51.9 Å². The molecule has 2 rings (SSSR count). The predicted molar refractivity (Wildman–Crippen MR) is 106 cm³/mol. The van der Waals surface area contributed by atoms with Crippen molar-refractivity contribution in [2.45, 2.75) is 45.3 Å². The number of rotatable bonds is 8. The molecule has 7 heteroatoms. The third kappa shape index (κ3) is 6.08. The Hall–Kier alpha value is -2.02. The van der Waals surface area contributed by atoms with Crippen molar-refractivity contribution in [2.24, 2.45) is 16.6 Å². The van der Waals surface area contributed by atoms with E-state index in [0.29, 0.717) is 18.4 Å². The molecule has 0 unspecified atom stereocenters. The number of guanidine groups is 1. The molecule has 0 radical (unpaired) electrons. The Labute approximate surface area is 154 Å². The fourth-order valence-corrected chi connectivity index (χ4v) is 3.07. The minimum atomic E-state index is 0.444. The highest BCUT2D eigenvalue weighted by molar-refractivity contribution is 7.98. The summed E-state index contributed by atoms with van der Waals surface area (Å²) >= 11 is 1.64. The number of nitrogens with zero attached hydrogens (tertiary/aromatic N) is 4. The highest BCUT2D eigenvalue weighted by Crippen LogP contribution is 2.16. The van der Waals surface area contributed by atoms with Gasteiger partial charge in [0.2, 0.25) is 0 Å². The van der Waals surface area contributed by atoms with Gasteiger partial charge in [0.15, 0.2) is 11.1 Å². The minimum absolute atomic E-state index is 0.444. The van der Waals surface area contributed by atoms with Crippen LogP contribution in [0.5, 0.6) is 0 Å². The van der Waals surface area contributed by atoms with E-state index in [-0.39, 0.29) is 0 Å². The SMILES string of the molecule is CSc1nnc(CCCN=C(N)Nc2cccc(C)c2)n1CC(C)C. The number of aliphatic imine (C=N–C) groups is 1. The van der Waals surface area contributed by atoms with Crippen molar-refractivity contribution < 1.29 is 0 Å². The van der Waals surface area contributed by atoms with E-state index >= 15 is 0 Å². The number of nitrogens with two attached hydrogens (primary N) is 1. The van der Waals surface area contributed by atoms with Gasteiger partial charge in [0.25, 0.3) is 0 Å². The molecule has 25 heavy (non-hydrogen) atoms. The number of aryl methyl sites for hydroxylation is 2. The molecule has 1 aromatic carbocycles. The van der Waals surface area contributed by atoms with Crippen LogP contribution in [0.15, 0.2) is 34.4 Å². The van der Waals surface area contributed by atoms with E-state index in [9.17, 15) is 0 Å². The van der Waals surface area contributed by atoms with Crippen LogP contribution in [0.3, 0.4) is 0 Å².